The Morgan fingerprint density at radius 3 is 2.43 bits per heavy atom. The summed E-state index contributed by atoms with van der Waals surface area (Å²) in [6.07, 6.45) is -4.43. The van der Waals surface area contributed by atoms with E-state index in [1.807, 2.05) is 7.05 Å². The molecule has 0 unspecified atom stereocenters. The van der Waals surface area contributed by atoms with Crippen molar-refractivity contribution in [2.24, 2.45) is 0 Å². The molecule has 116 valence electrons. The minimum absolute atomic E-state index is 0.0625. The van der Waals surface area contributed by atoms with Gasteiger partial charge in [-0.1, -0.05) is 12.1 Å². The van der Waals surface area contributed by atoms with Crippen molar-refractivity contribution in [1.82, 2.24) is 9.80 Å². The number of anilines is 1. The van der Waals surface area contributed by atoms with Gasteiger partial charge in [0.05, 0.1) is 12.1 Å². The third kappa shape index (κ3) is 4.10. The second-order valence-electron chi connectivity index (χ2n) is 5.08. The molecule has 4 nitrogen and oxygen atoms in total. The molecule has 0 bridgehead atoms. The van der Waals surface area contributed by atoms with E-state index >= 15 is 0 Å². The van der Waals surface area contributed by atoms with E-state index in [1.165, 1.54) is 18.2 Å². The molecule has 0 aliphatic carbocycles. The topological polar surface area (TPSA) is 35.6 Å². The lowest BCUT2D eigenvalue weighted by Crippen LogP contribution is -2.48. The van der Waals surface area contributed by atoms with Crippen LogP contribution >= 0.6 is 0 Å². The summed E-state index contributed by atoms with van der Waals surface area (Å²) in [6.45, 7) is 2.66. The highest BCUT2D eigenvalue weighted by Gasteiger charge is 2.33. The standard InChI is InChI=1S/C14H18F3N3O/c1-19-6-8-20(9-7-19)13(21)10-18-12-5-3-2-4-11(12)14(15,16)17/h2-5,18H,6-10H2,1H3. The Balaban J connectivity index is 1.96. The van der Waals surface area contributed by atoms with E-state index in [0.717, 1.165) is 19.2 Å². The number of nitrogens with one attached hydrogen (secondary N) is 1. The third-order valence-electron chi connectivity index (χ3n) is 3.52. The quantitative estimate of drug-likeness (QED) is 0.926. The number of benzene rings is 1. The van der Waals surface area contributed by atoms with Gasteiger partial charge in [0.25, 0.3) is 0 Å². The lowest BCUT2D eigenvalue weighted by atomic mass is 10.1. The number of piperazine rings is 1. The summed E-state index contributed by atoms with van der Waals surface area (Å²) in [6, 6.07) is 5.18. The fourth-order valence-corrected chi connectivity index (χ4v) is 2.22. The van der Waals surface area contributed by atoms with Crippen LogP contribution in [0, 0.1) is 0 Å². The molecule has 1 aliphatic heterocycles. The van der Waals surface area contributed by atoms with Gasteiger partial charge in [0.1, 0.15) is 0 Å². The summed E-state index contributed by atoms with van der Waals surface area (Å²) in [7, 11) is 1.97. The molecule has 1 N–H and O–H groups in total. The van der Waals surface area contributed by atoms with Gasteiger partial charge in [0.15, 0.2) is 0 Å². The molecule has 2 rings (SSSR count). The minimum Gasteiger partial charge on any atom is -0.376 e. The van der Waals surface area contributed by atoms with Gasteiger partial charge in [0, 0.05) is 31.9 Å². The fourth-order valence-electron chi connectivity index (χ4n) is 2.22. The molecule has 0 spiro atoms. The van der Waals surface area contributed by atoms with Crippen molar-refractivity contribution < 1.29 is 18.0 Å². The van der Waals surface area contributed by atoms with Crippen LogP contribution in [-0.2, 0) is 11.0 Å². The average molecular weight is 301 g/mol. The van der Waals surface area contributed by atoms with Crippen molar-refractivity contribution >= 4 is 11.6 Å². The molecule has 21 heavy (non-hydrogen) atoms. The van der Waals surface area contributed by atoms with Crippen molar-refractivity contribution in [3.63, 3.8) is 0 Å². The van der Waals surface area contributed by atoms with Crippen LogP contribution in [0.3, 0.4) is 0 Å². The molecule has 1 aromatic carbocycles. The number of amides is 1. The molecular formula is C14H18F3N3O. The van der Waals surface area contributed by atoms with E-state index in [0.29, 0.717) is 13.1 Å². The molecule has 1 amide bonds. The maximum absolute atomic E-state index is 12.8. The first-order valence-electron chi connectivity index (χ1n) is 6.74. The molecule has 0 saturated carbocycles. The Labute approximate surface area is 121 Å². The molecular weight excluding hydrogens is 283 g/mol. The van der Waals surface area contributed by atoms with Crippen molar-refractivity contribution in [2.45, 2.75) is 6.18 Å². The number of rotatable bonds is 3. The monoisotopic (exact) mass is 301 g/mol. The molecule has 1 fully saturated rings. The molecule has 0 aromatic heterocycles. The predicted octanol–water partition coefficient (Wildman–Crippen LogP) is 1.89. The number of para-hydroxylation sites is 1. The van der Waals surface area contributed by atoms with Crippen LogP contribution in [0.5, 0.6) is 0 Å². The summed E-state index contributed by atoms with van der Waals surface area (Å²) in [5.41, 5.74) is -0.816. The van der Waals surface area contributed by atoms with E-state index in [1.54, 1.807) is 4.90 Å². The minimum atomic E-state index is -4.43. The average Bonchev–Trinajstić information content (AvgIpc) is 2.45. The lowest BCUT2D eigenvalue weighted by molar-refractivity contribution is -0.137. The molecule has 1 aliphatic rings. The first-order chi connectivity index (χ1) is 9.88. The highest BCUT2D eigenvalue weighted by molar-refractivity contribution is 5.81. The second kappa shape index (κ2) is 6.34. The summed E-state index contributed by atoms with van der Waals surface area (Å²) in [5.74, 6) is -0.180. The highest BCUT2D eigenvalue weighted by Crippen LogP contribution is 2.34. The summed E-state index contributed by atoms with van der Waals surface area (Å²) < 4.78 is 38.5. The molecule has 7 heteroatoms. The van der Waals surface area contributed by atoms with Crippen LogP contribution < -0.4 is 5.32 Å². The second-order valence-corrected chi connectivity index (χ2v) is 5.08. The van der Waals surface area contributed by atoms with Gasteiger partial charge in [-0.05, 0) is 19.2 Å². The van der Waals surface area contributed by atoms with Gasteiger partial charge in [-0.2, -0.15) is 13.2 Å². The Kier molecular flexibility index (Phi) is 4.72. The van der Waals surface area contributed by atoms with E-state index in [9.17, 15) is 18.0 Å². The van der Waals surface area contributed by atoms with E-state index < -0.39 is 11.7 Å². The zero-order chi connectivity index (χ0) is 15.5. The predicted molar refractivity (Wildman–Crippen MR) is 74.0 cm³/mol. The molecule has 1 aromatic rings. The SMILES string of the molecule is CN1CCN(C(=O)CNc2ccccc2C(F)(F)F)CC1. The van der Waals surface area contributed by atoms with Gasteiger partial charge in [-0.3, -0.25) is 4.79 Å². The summed E-state index contributed by atoms with van der Waals surface area (Å²) >= 11 is 0. The molecule has 0 atom stereocenters. The van der Waals surface area contributed by atoms with Crippen molar-refractivity contribution in [1.29, 1.82) is 0 Å². The third-order valence-corrected chi connectivity index (χ3v) is 3.52. The summed E-state index contributed by atoms with van der Waals surface area (Å²) in [4.78, 5) is 15.8. The van der Waals surface area contributed by atoms with Gasteiger partial charge >= 0.3 is 6.18 Å². The molecule has 0 radical (unpaired) electrons. The van der Waals surface area contributed by atoms with E-state index in [2.05, 4.69) is 10.2 Å². The van der Waals surface area contributed by atoms with Crippen LogP contribution in [0.2, 0.25) is 0 Å². The Hall–Kier alpha value is -1.76. The number of likely N-dealkylation sites (N-methyl/N-ethyl adjacent to an activating group) is 1. The maximum atomic E-state index is 12.8. The number of hydrogen-bond acceptors (Lipinski definition) is 3. The number of hydrogen-bond donors (Lipinski definition) is 1. The van der Waals surface area contributed by atoms with Gasteiger partial charge in [-0.25, -0.2) is 0 Å². The van der Waals surface area contributed by atoms with E-state index in [-0.39, 0.29) is 18.1 Å². The zero-order valence-electron chi connectivity index (χ0n) is 11.8. The highest BCUT2D eigenvalue weighted by atomic mass is 19.4. The number of carbonyl (C=O) groups excluding carboxylic acids is 1. The lowest BCUT2D eigenvalue weighted by Gasteiger charge is -2.32. The number of nitrogens with zero attached hydrogens (tertiary/aromatic N) is 2. The maximum Gasteiger partial charge on any atom is 0.418 e. The largest absolute Gasteiger partial charge is 0.418 e. The van der Waals surface area contributed by atoms with Crippen molar-refractivity contribution in [3.05, 3.63) is 29.8 Å². The number of halogens is 3. The van der Waals surface area contributed by atoms with Crippen LogP contribution in [0.25, 0.3) is 0 Å². The van der Waals surface area contributed by atoms with Crippen LogP contribution in [-0.4, -0.2) is 55.5 Å². The van der Waals surface area contributed by atoms with Gasteiger partial charge in [0.2, 0.25) is 5.91 Å². The normalized spacial score (nSPS) is 16.9. The van der Waals surface area contributed by atoms with Crippen molar-refractivity contribution in [3.8, 4) is 0 Å². The fraction of sp³-hybridized carbons (Fsp3) is 0.500. The Morgan fingerprint density at radius 2 is 1.81 bits per heavy atom. The first kappa shape index (κ1) is 15.6. The number of alkyl halides is 3. The first-order valence-corrected chi connectivity index (χ1v) is 6.74. The van der Waals surface area contributed by atoms with E-state index in [4.69, 9.17) is 0 Å². The smallest absolute Gasteiger partial charge is 0.376 e. The Morgan fingerprint density at radius 1 is 1.19 bits per heavy atom. The molecule has 1 heterocycles. The molecule has 1 saturated heterocycles. The zero-order valence-corrected chi connectivity index (χ0v) is 11.8. The van der Waals surface area contributed by atoms with Crippen LogP contribution in [0.4, 0.5) is 18.9 Å². The van der Waals surface area contributed by atoms with Crippen molar-refractivity contribution in [2.75, 3.05) is 45.1 Å². The van der Waals surface area contributed by atoms with Gasteiger partial charge in [-0.15, -0.1) is 0 Å². The Bertz CT molecular complexity index is 496. The number of carbonyl (C=O) groups is 1. The van der Waals surface area contributed by atoms with Crippen LogP contribution in [0.1, 0.15) is 5.56 Å². The summed E-state index contributed by atoms with van der Waals surface area (Å²) in [5, 5.41) is 2.60. The van der Waals surface area contributed by atoms with Gasteiger partial charge < -0.3 is 15.1 Å². The van der Waals surface area contributed by atoms with Crippen LogP contribution in [0.15, 0.2) is 24.3 Å².